The third-order valence-corrected chi connectivity index (χ3v) is 4.14. The zero-order chi connectivity index (χ0) is 11.4. The van der Waals surface area contributed by atoms with Crippen LogP contribution < -0.4 is 5.73 Å². The molecule has 2 N–H and O–H groups in total. The number of hydrogen-bond acceptors (Lipinski definition) is 1. The molecule has 16 heavy (non-hydrogen) atoms. The minimum Gasteiger partial charge on any atom is -0.399 e. The molecule has 0 unspecified atom stereocenters. The summed E-state index contributed by atoms with van der Waals surface area (Å²) in [6, 6.07) is 6.18. The van der Waals surface area contributed by atoms with Crippen LogP contribution in [0.3, 0.4) is 0 Å². The van der Waals surface area contributed by atoms with Gasteiger partial charge in [0.15, 0.2) is 0 Å². The van der Waals surface area contributed by atoms with Crippen molar-refractivity contribution in [2.45, 2.75) is 44.9 Å². The van der Waals surface area contributed by atoms with Crippen molar-refractivity contribution in [3.63, 3.8) is 0 Å². The second kappa shape index (κ2) is 5.72. The van der Waals surface area contributed by atoms with Gasteiger partial charge in [-0.15, -0.1) is 0 Å². The van der Waals surface area contributed by atoms with Gasteiger partial charge in [0.2, 0.25) is 0 Å². The van der Waals surface area contributed by atoms with Gasteiger partial charge < -0.3 is 5.73 Å². The first kappa shape index (κ1) is 12.0. The Bertz CT molecular complexity index is 343. The van der Waals surface area contributed by atoms with Gasteiger partial charge in [0, 0.05) is 10.2 Å². The molecule has 1 nitrogen and oxygen atoms in total. The lowest BCUT2D eigenvalue weighted by Gasteiger charge is -2.21. The van der Waals surface area contributed by atoms with Crippen LogP contribution >= 0.6 is 15.9 Å². The van der Waals surface area contributed by atoms with E-state index in [1.807, 2.05) is 12.1 Å². The topological polar surface area (TPSA) is 26.0 Å². The maximum atomic E-state index is 5.98. The highest BCUT2D eigenvalue weighted by Crippen LogP contribution is 2.29. The van der Waals surface area contributed by atoms with Gasteiger partial charge in [-0.1, -0.05) is 48.0 Å². The third-order valence-electron chi connectivity index (χ3n) is 3.65. The van der Waals surface area contributed by atoms with Crippen LogP contribution in [0.15, 0.2) is 22.7 Å². The highest BCUT2D eigenvalue weighted by atomic mass is 79.9. The third kappa shape index (κ3) is 3.24. The van der Waals surface area contributed by atoms with Crippen molar-refractivity contribution in [2.24, 2.45) is 5.92 Å². The van der Waals surface area contributed by atoms with E-state index >= 15 is 0 Å². The number of halogens is 1. The van der Waals surface area contributed by atoms with Gasteiger partial charge >= 0.3 is 0 Å². The zero-order valence-corrected chi connectivity index (χ0v) is 11.3. The van der Waals surface area contributed by atoms with Gasteiger partial charge in [-0.25, -0.2) is 0 Å². The van der Waals surface area contributed by atoms with Gasteiger partial charge in [-0.05, 0) is 42.5 Å². The molecule has 0 amide bonds. The van der Waals surface area contributed by atoms with Gasteiger partial charge in [0.25, 0.3) is 0 Å². The fourth-order valence-electron chi connectivity index (χ4n) is 2.63. The average molecular weight is 282 g/mol. The SMILES string of the molecule is Nc1ccc(Br)cc1CCC1CCCCC1. The van der Waals surface area contributed by atoms with Gasteiger partial charge in [0.1, 0.15) is 0 Å². The molecule has 0 spiro atoms. The first-order chi connectivity index (χ1) is 7.75. The second-order valence-corrected chi connectivity index (χ2v) is 5.80. The Labute approximate surface area is 107 Å². The van der Waals surface area contributed by atoms with Crippen LogP contribution in [0.5, 0.6) is 0 Å². The van der Waals surface area contributed by atoms with Gasteiger partial charge in [-0.3, -0.25) is 0 Å². The summed E-state index contributed by atoms with van der Waals surface area (Å²) in [6.07, 6.45) is 9.59. The van der Waals surface area contributed by atoms with Gasteiger partial charge in [0.05, 0.1) is 0 Å². The Morgan fingerprint density at radius 1 is 1.19 bits per heavy atom. The minimum atomic E-state index is 0.937. The molecule has 1 aliphatic carbocycles. The summed E-state index contributed by atoms with van der Waals surface area (Å²) in [6.45, 7) is 0. The van der Waals surface area contributed by atoms with E-state index in [-0.39, 0.29) is 0 Å². The van der Waals surface area contributed by atoms with Crippen LogP contribution in [0.25, 0.3) is 0 Å². The van der Waals surface area contributed by atoms with Crippen molar-refractivity contribution in [2.75, 3.05) is 5.73 Å². The maximum absolute atomic E-state index is 5.98. The minimum absolute atomic E-state index is 0.937. The zero-order valence-electron chi connectivity index (χ0n) is 9.71. The number of benzene rings is 1. The summed E-state index contributed by atoms with van der Waals surface area (Å²) in [7, 11) is 0. The molecule has 0 heterocycles. The molecule has 2 rings (SSSR count). The van der Waals surface area contributed by atoms with E-state index in [1.54, 1.807) is 0 Å². The molecule has 1 saturated carbocycles. The lowest BCUT2D eigenvalue weighted by Crippen LogP contribution is -2.08. The Morgan fingerprint density at radius 2 is 1.94 bits per heavy atom. The van der Waals surface area contributed by atoms with Crippen LogP contribution in [-0.4, -0.2) is 0 Å². The van der Waals surface area contributed by atoms with E-state index < -0.39 is 0 Å². The van der Waals surface area contributed by atoms with Crippen molar-refractivity contribution >= 4 is 21.6 Å². The first-order valence-electron chi connectivity index (χ1n) is 6.29. The highest BCUT2D eigenvalue weighted by molar-refractivity contribution is 9.10. The smallest absolute Gasteiger partial charge is 0.0347 e. The van der Waals surface area contributed by atoms with Crippen LogP contribution in [0.4, 0.5) is 5.69 Å². The number of nitrogen functional groups attached to an aromatic ring is 1. The maximum Gasteiger partial charge on any atom is 0.0347 e. The predicted octanol–water partition coefficient (Wildman–Crippen LogP) is 4.54. The van der Waals surface area contributed by atoms with Crippen molar-refractivity contribution in [3.05, 3.63) is 28.2 Å². The van der Waals surface area contributed by atoms with E-state index in [0.717, 1.165) is 22.5 Å². The molecular formula is C14H20BrN. The molecule has 0 atom stereocenters. The van der Waals surface area contributed by atoms with Crippen molar-refractivity contribution < 1.29 is 0 Å². The molecular weight excluding hydrogens is 262 g/mol. The molecule has 0 aliphatic heterocycles. The predicted molar refractivity (Wildman–Crippen MR) is 73.5 cm³/mol. The van der Waals surface area contributed by atoms with Crippen molar-refractivity contribution in [3.8, 4) is 0 Å². The summed E-state index contributed by atoms with van der Waals surface area (Å²) in [5.74, 6) is 0.937. The standard InChI is InChI=1S/C14H20BrN/c15-13-8-9-14(16)12(10-13)7-6-11-4-2-1-3-5-11/h8-11H,1-7,16H2. The largest absolute Gasteiger partial charge is 0.399 e. The lowest BCUT2D eigenvalue weighted by atomic mass is 9.85. The molecule has 1 aliphatic rings. The van der Waals surface area contributed by atoms with E-state index in [9.17, 15) is 0 Å². The number of rotatable bonds is 3. The van der Waals surface area contributed by atoms with E-state index in [2.05, 4.69) is 22.0 Å². The quantitative estimate of drug-likeness (QED) is 0.809. The van der Waals surface area contributed by atoms with Crippen LogP contribution in [0, 0.1) is 5.92 Å². The summed E-state index contributed by atoms with van der Waals surface area (Å²) in [4.78, 5) is 0. The van der Waals surface area contributed by atoms with E-state index in [4.69, 9.17) is 5.73 Å². The molecule has 0 bridgehead atoms. The van der Waals surface area contributed by atoms with Crippen molar-refractivity contribution in [1.29, 1.82) is 0 Å². The van der Waals surface area contributed by atoms with Gasteiger partial charge in [-0.2, -0.15) is 0 Å². The summed E-state index contributed by atoms with van der Waals surface area (Å²) in [5.41, 5.74) is 8.23. The molecule has 0 aromatic heterocycles. The van der Waals surface area contributed by atoms with E-state index in [1.165, 1.54) is 44.1 Å². The van der Waals surface area contributed by atoms with Crippen molar-refractivity contribution in [1.82, 2.24) is 0 Å². The normalized spacial score (nSPS) is 17.6. The highest BCUT2D eigenvalue weighted by Gasteiger charge is 2.13. The molecule has 1 aromatic carbocycles. The first-order valence-corrected chi connectivity index (χ1v) is 7.09. The van der Waals surface area contributed by atoms with Crippen LogP contribution in [-0.2, 0) is 6.42 Å². The molecule has 1 aromatic rings. The summed E-state index contributed by atoms with van der Waals surface area (Å²) < 4.78 is 1.14. The molecule has 2 heteroatoms. The molecule has 88 valence electrons. The second-order valence-electron chi connectivity index (χ2n) is 4.89. The monoisotopic (exact) mass is 281 g/mol. The van der Waals surface area contributed by atoms with Crippen LogP contribution in [0.1, 0.15) is 44.1 Å². The lowest BCUT2D eigenvalue weighted by molar-refractivity contribution is 0.339. The Kier molecular flexibility index (Phi) is 4.28. The molecule has 1 fully saturated rings. The fourth-order valence-corrected chi connectivity index (χ4v) is 3.03. The van der Waals surface area contributed by atoms with Crippen LogP contribution in [0.2, 0.25) is 0 Å². The van der Waals surface area contributed by atoms with E-state index in [0.29, 0.717) is 0 Å². The summed E-state index contributed by atoms with van der Waals surface area (Å²) in [5, 5.41) is 0. The number of nitrogens with two attached hydrogens (primary N) is 1. The Morgan fingerprint density at radius 3 is 2.69 bits per heavy atom. The summed E-state index contributed by atoms with van der Waals surface area (Å²) >= 11 is 3.51. The molecule has 0 radical (unpaired) electrons. The number of aryl methyl sites for hydroxylation is 1. The fraction of sp³-hybridized carbons (Fsp3) is 0.571. The Hall–Kier alpha value is -0.500. The number of anilines is 1. The number of hydrogen-bond donors (Lipinski definition) is 1. The Balaban J connectivity index is 1.90. The molecule has 0 saturated heterocycles. The average Bonchev–Trinajstić information content (AvgIpc) is 2.32.